The molecule has 0 bridgehead atoms. The van der Waals surface area contributed by atoms with E-state index in [2.05, 4.69) is 11.9 Å². The van der Waals surface area contributed by atoms with Gasteiger partial charge in [0.05, 0.1) is 6.42 Å². The van der Waals surface area contributed by atoms with E-state index in [9.17, 15) is 4.79 Å². The SMILES string of the molecule is Cc1c[nH]c(C)c1C1(CC(=O)O)CCC1. The number of hydrogen-bond donors (Lipinski definition) is 2. The summed E-state index contributed by atoms with van der Waals surface area (Å²) in [5.74, 6) is -0.685. The van der Waals surface area contributed by atoms with Gasteiger partial charge in [-0.1, -0.05) is 6.42 Å². The van der Waals surface area contributed by atoms with Crippen LogP contribution in [0.25, 0.3) is 0 Å². The Morgan fingerprint density at radius 1 is 1.53 bits per heavy atom. The zero-order valence-corrected chi connectivity index (χ0v) is 9.26. The summed E-state index contributed by atoms with van der Waals surface area (Å²) in [4.78, 5) is 14.1. The molecule has 2 rings (SSSR count). The number of aromatic amines is 1. The molecule has 0 aromatic carbocycles. The number of nitrogens with one attached hydrogen (secondary N) is 1. The molecule has 1 aromatic heterocycles. The molecule has 1 aliphatic rings. The van der Waals surface area contributed by atoms with Crippen LogP contribution in [0.2, 0.25) is 0 Å². The van der Waals surface area contributed by atoms with Crippen molar-refractivity contribution in [3.8, 4) is 0 Å². The minimum atomic E-state index is -0.685. The van der Waals surface area contributed by atoms with Crippen molar-refractivity contribution < 1.29 is 9.90 Å². The Morgan fingerprint density at radius 2 is 2.20 bits per heavy atom. The molecule has 0 aliphatic heterocycles. The van der Waals surface area contributed by atoms with Crippen LogP contribution in [-0.2, 0) is 10.2 Å². The number of hydrogen-bond acceptors (Lipinski definition) is 1. The van der Waals surface area contributed by atoms with E-state index >= 15 is 0 Å². The highest BCUT2D eigenvalue weighted by Gasteiger charge is 2.42. The van der Waals surface area contributed by atoms with Gasteiger partial charge in [-0.15, -0.1) is 0 Å². The summed E-state index contributed by atoms with van der Waals surface area (Å²) < 4.78 is 0. The van der Waals surface area contributed by atoms with Gasteiger partial charge in [0.2, 0.25) is 0 Å². The van der Waals surface area contributed by atoms with Gasteiger partial charge in [-0.25, -0.2) is 0 Å². The number of aliphatic carboxylic acids is 1. The Hall–Kier alpha value is -1.25. The molecular weight excluding hydrogens is 190 g/mol. The van der Waals surface area contributed by atoms with Gasteiger partial charge in [-0.2, -0.15) is 0 Å². The highest BCUT2D eigenvalue weighted by atomic mass is 16.4. The van der Waals surface area contributed by atoms with Gasteiger partial charge < -0.3 is 10.1 Å². The molecule has 1 aromatic rings. The summed E-state index contributed by atoms with van der Waals surface area (Å²) in [7, 11) is 0. The molecule has 15 heavy (non-hydrogen) atoms. The molecule has 1 heterocycles. The first kappa shape index (κ1) is 10.3. The Balaban J connectivity index is 2.38. The van der Waals surface area contributed by atoms with Crippen molar-refractivity contribution in [2.24, 2.45) is 0 Å². The van der Waals surface area contributed by atoms with Gasteiger partial charge in [0, 0.05) is 17.3 Å². The average molecular weight is 207 g/mol. The lowest BCUT2D eigenvalue weighted by atomic mass is 9.61. The van der Waals surface area contributed by atoms with E-state index in [-0.39, 0.29) is 11.8 Å². The molecule has 0 spiro atoms. The van der Waals surface area contributed by atoms with Crippen molar-refractivity contribution >= 4 is 5.97 Å². The van der Waals surface area contributed by atoms with Crippen molar-refractivity contribution in [3.05, 3.63) is 23.0 Å². The summed E-state index contributed by atoms with van der Waals surface area (Å²) >= 11 is 0. The van der Waals surface area contributed by atoms with E-state index in [4.69, 9.17) is 5.11 Å². The number of carbonyl (C=O) groups is 1. The van der Waals surface area contributed by atoms with Crippen LogP contribution in [0.3, 0.4) is 0 Å². The molecule has 1 fully saturated rings. The Morgan fingerprint density at radius 3 is 2.53 bits per heavy atom. The highest BCUT2D eigenvalue weighted by molar-refractivity contribution is 5.70. The van der Waals surface area contributed by atoms with Crippen LogP contribution in [0, 0.1) is 13.8 Å². The lowest BCUT2D eigenvalue weighted by molar-refractivity contribution is -0.139. The number of carboxylic acids is 1. The molecule has 3 heteroatoms. The summed E-state index contributed by atoms with van der Waals surface area (Å²) in [6.45, 7) is 4.09. The second-order valence-electron chi connectivity index (χ2n) is 4.68. The maximum absolute atomic E-state index is 10.9. The van der Waals surface area contributed by atoms with Crippen molar-refractivity contribution in [1.29, 1.82) is 0 Å². The largest absolute Gasteiger partial charge is 0.481 e. The van der Waals surface area contributed by atoms with E-state index < -0.39 is 5.97 Å². The molecule has 1 saturated carbocycles. The summed E-state index contributed by atoms with van der Waals surface area (Å²) in [5, 5.41) is 8.98. The Labute approximate surface area is 89.5 Å². The van der Waals surface area contributed by atoms with Gasteiger partial charge in [0.1, 0.15) is 0 Å². The normalized spacial score (nSPS) is 18.5. The third-order valence-corrected chi connectivity index (χ3v) is 3.61. The zero-order chi connectivity index (χ0) is 11.1. The molecule has 2 N–H and O–H groups in total. The summed E-state index contributed by atoms with van der Waals surface area (Å²) in [6.07, 6.45) is 5.42. The van der Waals surface area contributed by atoms with Crippen LogP contribution in [0.4, 0.5) is 0 Å². The number of aromatic nitrogens is 1. The highest BCUT2D eigenvalue weighted by Crippen LogP contribution is 2.48. The zero-order valence-electron chi connectivity index (χ0n) is 9.26. The van der Waals surface area contributed by atoms with Gasteiger partial charge >= 0.3 is 5.97 Å². The van der Waals surface area contributed by atoms with Crippen LogP contribution in [0.1, 0.15) is 42.5 Å². The molecule has 0 saturated heterocycles. The molecule has 0 atom stereocenters. The molecule has 82 valence electrons. The van der Waals surface area contributed by atoms with Gasteiger partial charge in [-0.3, -0.25) is 4.79 Å². The number of aryl methyl sites for hydroxylation is 2. The quantitative estimate of drug-likeness (QED) is 0.800. The predicted octanol–water partition coefficient (Wildman–Crippen LogP) is 2.53. The monoisotopic (exact) mass is 207 g/mol. The number of H-pyrrole nitrogens is 1. The van der Waals surface area contributed by atoms with Gasteiger partial charge in [0.15, 0.2) is 0 Å². The van der Waals surface area contributed by atoms with Crippen molar-refractivity contribution in [1.82, 2.24) is 4.98 Å². The molecule has 0 unspecified atom stereocenters. The summed E-state index contributed by atoms with van der Waals surface area (Å²) in [6, 6.07) is 0. The fraction of sp³-hybridized carbons (Fsp3) is 0.583. The Kier molecular flexibility index (Phi) is 2.33. The smallest absolute Gasteiger partial charge is 0.304 e. The maximum Gasteiger partial charge on any atom is 0.304 e. The third kappa shape index (κ3) is 1.56. The predicted molar refractivity (Wildman–Crippen MR) is 58.0 cm³/mol. The van der Waals surface area contributed by atoms with Crippen LogP contribution >= 0.6 is 0 Å². The molecule has 0 radical (unpaired) electrons. The summed E-state index contributed by atoms with van der Waals surface area (Å²) in [5.41, 5.74) is 3.50. The average Bonchev–Trinajstić information content (AvgIpc) is 2.40. The van der Waals surface area contributed by atoms with Crippen molar-refractivity contribution in [2.45, 2.75) is 44.9 Å². The van der Waals surface area contributed by atoms with Crippen molar-refractivity contribution in [2.75, 3.05) is 0 Å². The van der Waals surface area contributed by atoms with Gasteiger partial charge in [0.25, 0.3) is 0 Å². The van der Waals surface area contributed by atoms with Crippen LogP contribution in [0.5, 0.6) is 0 Å². The van der Waals surface area contributed by atoms with E-state index in [1.165, 1.54) is 11.1 Å². The first-order chi connectivity index (χ1) is 7.05. The maximum atomic E-state index is 10.9. The van der Waals surface area contributed by atoms with Crippen LogP contribution in [0.15, 0.2) is 6.20 Å². The second-order valence-corrected chi connectivity index (χ2v) is 4.68. The fourth-order valence-corrected chi connectivity index (χ4v) is 2.88. The molecular formula is C12H17NO2. The van der Waals surface area contributed by atoms with E-state index in [1.807, 2.05) is 13.1 Å². The van der Waals surface area contributed by atoms with Crippen molar-refractivity contribution in [3.63, 3.8) is 0 Å². The Bertz CT molecular complexity index is 369. The minimum absolute atomic E-state index is 0.0833. The standard InChI is InChI=1S/C12H17NO2/c1-8-7-13-9(2)11(8)12(4-3-5-12)6-10(14)15/h7,13H,3-6H2,1-2H3,(H,14,15). The lowest BCUT2D eigenvalue weighted by Crippen LogP contribution is -2.37. The topological polar surface area (TPSA) is 53.1 Å². The van der Waals surface area contributed by atoms with E-state index in [1.54, 1.807) is 0 Å². The van der Waals surface area contributed by atoms with E-state index in [0.29, 0.717) is 0 Å². The lowest BCUT2D eigenvalue weighted by Gasteiger charge is -2.42. The van der Waals surface area contributed by atoms with Crippen LogP contribution < -0.4 is 0 Å². The second kappa shape index (κ2) is 3.40. The molecule has 1 aliphatic carbocycles. The minimum Gasteiger partial charge on any atom is -0.481 e. The third-order valence-electron chi connectivity index (χ3n) is 3.61. The first-order valence-corrected chi connectivity index (χ1v) is 5.42. The molecule has 0 amide bonds. The fourth-order valence-electron chi connectivity index (χ4n) is 2.88. The van der Waals surface area contributed by atoms with Gasteiger partial charge in [-0.05, 0) is 37.8 Å². The first-order valence-electron chi connectivity index (χ1n) is 5.42. The van der Waals surface area contributed by atoms with E-state index in [0.717, 1.165) is 25.0 Å². The number of carboxylic acid groups (broad SMARTS) is 1. The van der Waals surface area contributed by atoms with Crippen LogP contribution in [-0.4, -0.2) is 16.1 Å². The number of rotatable bonds is 3. The molecule has 3 nitrogen and oxygen atoms in total.